The molecule has 3 rings (SSSR count). The lowest BCUT2D eigenvalue weighted by Gasteiger charge is -2.30. The van der Waals surface area contributed by atoms with Crippen molar-refractivity contribution in [2.24, 2.45) is 5.92 Å². The Hall–Kier alpha value is -2.08. The molecule has 0 spiro atoms. The second-order valence-electron chi connectivity index (χ2n) is 6.21. The van der Waals surface area contributed by atoms with Crippen molar-refractivity contribution in [1.82, 2.24) is 14.9 Å². The van der Waals surface area contributed by atoms with E-state index in [0.29, 0.717) is 5.92 Å². The zero-order valence-electron chi connectivity index (χ0n) is 14.0. The van der Waals surface area contributed by atoms with Gasteiger partial charge in [0.15, 0.2) is 5.16 Å². The highest BCUT2D eigenvalue weighted by Gasteiger charge is 2.20. The average Bonchev–Trinajstić information content (AvgIpc) is 2.59. The molecule has 0 radical (unpaired) electrons. The number of urea groups is 1. The number of hydrogen-bond acceptors (Lipinski definition) is 4. The number of rotatable bonds is 3. The number of carbonyl (C=O) groups is 1. The number of anilines is 1. The van der Waals surface area contributed by atoms with Gasteiger partial charge in [-0.2, -0.15) is 0 Å². The van der Waals surface area contributed by atoms with Gasteiger partial charge < -0.3 is 10.2 Å². The Morgan fingerprint density at radius 1 is 1.25 bits per heavy atom. The minimum Gasteiger partial charge on any atom is -0.325 e. The molecule has 2 amide bonds. The van der Waals surface area contributed by atoms with Crippen LogP contribution in [-0.4, -0.2) is 34.0 Å². The summed E-state index contributed by atoms with van der Waals surface area (Å²) >= 11 is 1.51. The Bertz CT molecular complexity index is 699. The lowest BCUT2D eigenvalue weighted by Crippen LogP contribution is -2.40. The summed E-state index contributed by atoms with van der Waals surface area (Å²) in [5.74, 6) is 0.715. The van der Waals surface area contributed by atoms with Gasteiger partial charge in [-0.3, -0.25) is 0 Å². The molecule has 2 aromatic rings. The van der Waals surface area contributed by atoms with E-state index in [9.17, 15) is 4.79 Å². The molecule has 1 aromatic carbocycles. The van der Waals surface area contributed by atoms with E-state index in [4.69, 9.17) is 0 Å². The number of amides is 2. The van der Waals surface area contributed by atoms with E-state index < -0.39 is 0 Å². The molecule has 0 saturated carbocycles. The second kappa shape index (κ2) is 7.66. The quantitative estimate of drug-likeness (QED) is 0.849. The van der Waals surface area contributed by atoms with Crippen molar-refractivity contribution >= 4 is 23.5 Å². The molecule has 1 fully saturated rings. The molecule has 1 saturated heterocycles. The topological polar surface area (TPSA) is 58.1 Å². The summed E-state index contributed by atoms with van der Waals surface area (Å²) in [5.41, 5.74) is 1.90. The number of piperidine rings is 1. The monoisotopic (exact) mass is 342 g/mol. The normalized spacial score (nSPS) is 15.3. The van der Waals surface area contributed by atoms with Gasteiger partial charge in [0, 0.05) is 36.1 Å². The summed E-state index contributed by atoms with van der Waals surface area (Å²) in [7, 11) is 0. The third kappa shape index (κ3) is 4.26. The van der Waals surface area contributed by atoms with Gasteiger partial charge in [0.05, 0.1) is 0 Å². The summed E-state index contributed by atoms with van der Waals surface area (Å²) in [6.45, 7) is 5.92. The van der Waals surface area contributed by atoms with E-state index in [0.717, 1.165) is 47.2 Å². The SMILES string of the molecule is Cc1cc(Sc2ncccn2)ccc1NC(=O)N1CCC(C)CC1. The van der Waals surface area contributed by atoms with E-state index in [2.05, 4.69) is 28.3 Å². The number of hydrogen-bond donors (Lipinski definition) is 1. The maximum Gasteiger partial charge on any atom is 0.321 e. The summed E-state index contributed by atoms with van der Waals surface area (Å²) in [5, 5.41) is 3.75. The molecule has 1 aromatic heterocycles. The lowest BCUT2D eigenvalue weighted by atomic mass is 10.00. The summed E-state index contributed by atoms with van der Waals surface area (Å²) in [6.07, 6.45) is 5.63. The van der Waals surface area contributed by atoms with E-state index >= 15 is 0 Å². The van der Waals surface area contributed by atoms with Crippen LogP contribution < -0.4 is 5.32 Å². The standard InChI is InChI=1S/C18H22N4OS/c1-13-6-10-22(11-7-13)18(23)21-16-5-4-15(12-14(16)2)24-17-19-8-3-9-20-17/h3-5,8-9,12-13H,6-7,10-11H2,1-2H3,(H,21,23). The second-order valence-corrected chi connectivity index (χ2v) is 7.25. The Balaban J connectivity index is 1.63. The Labute approximate surface area is 146 Å². The minimum atomic E-state index is -0.00297. The number of aromatic nitrogens is 2. The first-order valence-corrected chi connectivity index (χ1v) is 9.05. The maximum atomic E-state index is 12.4. The maximum absolute atomic E-state index is 12.4. The summed E-state index contributed by atoms with van der Waals surface area (Å²) in [6, 6.07) is 7.79. The number of carbonyl (C=O) groups excluding carboxylic acids is 1. The fourth-order valence-corrected chi connectivity index (χ4v) is 3.50. The summed E-state index contributed by atoms with van der Waals surface area (Å²) in [4.78, 5) is 23.8. The van der Waals surface area contributed by atoms with Gasteiger partial charge in [-0.25, -0.2) is 14.8 Å². The number of aryl methyl sites for hydroxylation is 1. The number of nitrogens with zero attached hydrogens (tertiary/aromatic N) is 3. The van der Waals surface area contributed by atoms with Crippen molar-refractivity contribution in [2.45, 2.75) is 36.7 Å². The molecule has 1 aliphatic rings. The minimum absolute atomic E-state index is 0.00297. The van der Waals surface area contributed by atoms with Crippen LogP contribution in [0, 0.1) is 12.8 Å². The number of nitrogens with one attached hydrogen (secondary N) is 1. The first kappa shape index (κ1) is 16.8. The van der Waals surface area contributed by atoms with Crippen LogP contribution >= 0.6 is 11.8 Å². The predicted molar refractivity (Wildman–Crippen MR) is 96.3 cm³/mol. The highest BCUT2D eigenvalue weighted by atomic mass is 32.2. The summed E-state index contributed by atoms with van der Waals surface area (Å²) < 4.78 is 0. The third-order valence-corrected chi connectivity index (χ3v) is 5.14. The molecule has 2 heterocycles. The smallest absolute Gasteiger partial charge is 0.321 e. The number of likely N-dealkylation sites (tertiary alicyclic amines) is 1. The van der Waals surface area contributed by atoms with Gasteiger partial charge >= 0.3 is 6.03 Å². The molecule has 0 atom stereocenters. The predicted octanol–water partition coefficient (Wildman–Crippen LogP) is 4.20. The fourth-order valence-electron chi connectivity index (χ4n) is 2.69. The van der Waals surface area contributed by atoms with E-state index in [-0.39, 0.29) is 6.03 Å². The van der Waals surface area contributed by atoms with Crippen LogP contribution in [0.3, 0.4) is 0 Å². The molecule has 0 unspecified atom stereocenters. The molecular formula is C18H22N4OS. The van der Waals surface area contributed by atoms with Gasteiger partial charge in [-0.15, -0.1) is 0 Å². The van der Waals surface area contributed by atoms with E-state index in [1.165, 1.54) is 11.8 Å². The zero-order valence-corrected chi connectivity index (χ0v) is 14.8. The van der Waals surface area contributed by atoms with Crippen LogP contribution in [0.4, 0.5) is 10.5 Å². The average molecular weight is 342 g/mol. The Kier molecular flexibility index (Phi) is 5.35. The van der Waals surface area contributed by atoms with Crippen LogP contribution in [0.5, 0.6) is 0 Å². The molecule has 5 nitrogen and oxygen atoms in total. The third-order valence-electron chi connectivity index (χ3n) is 4.26. The fraction of sp³-hybridized carbons (Fsp3) is 0.389. The van der Waals surface area contributed by atoms with Gasteiger partial charge in [-0.05, 0) is 67.3 Å². The first-order chi connectivity index (χ1) is 11.6. The van der Waals surface area contributed by atoms with Gasteiger partial charge in [0.25, 0.3) is 0 Å². The van der Waals surface area contributed by atoms with Crippen LogP contribution in [0.1, 0.15) is 25.3 Å². The van der Waals surface area contributed by atoms with Crippen LogP contribution in [0.2, 0.25) is 0 Å². The highest BCUT2D eigenvalue weighted by molar-refractivity contribution is 7.99. The zero-order chi connectivity index (χ0) is 16.9. The van der Waals surface area contributed by atoms with E-state index in [1.807, 2.05) is 24.0 Å². The lowest BCUT2D eigenvalue weighted by molar-refractivity contribution is 0.186. The molecule has 0 aliphatic carbocycles. The molecule has 1 N–H and O–H groups in total. The molecule has 24 heavy (non-hydrogen) atoms. The molecular weight excluding hydrogens is 320 g/mol. The van der Waals surface area contributed by atoms with Crippen molar-refractivity contribution in [3.05, 3.63) is 42.2 Å². The van der Waals surface area contributed by atoms with Gasteiger partial charge in [-0.1, -0.05) is 6.92 Å². The van der Waals surface area contributed by atoms with E-state index in [1.54, 1.807) is 18.5 Å². The first-order valence-electron chi connectivity index (χ1n) is 8.23. The van der Waals surface area contributed by atoms with Crippen molar-refractivity contribution in [3.63, 3.8) is 0 Å². The van der Waals surface area contributed by atoms with Crippen LogP contribution in [-0.2, 0) is 0 Å². The van der Waals surface area contributed by atoms with Gasteiger partial charge in [0.2, 0.25) is 0 Å². The van der Waals surface area contributed by atoms with Crippen molar-refractivity contribution in [1.29, 1.82) is 0 Å². The Morgan fingerprint density at radius 3 is 2.62 bits per heavy atom. The molecule has 6 heteroatoms. The molecule has 126 valence electrons. The van der Waals surface area contributed by atoms with Crippen molar-refractivity contribution < 1.29 is 4.79 Å². The van der Waals surface area contributed by atoms with Crippen LogP contribution in [0.15, 0.2) is 46.7 Å². The molecule has 1 aliphatic heterocycles. The Morgan fingerprint density at radius 2 is 1.96 bits per heavy atom. The van der Waals surface area contributed by atoms with Crippen LogP contribution in [0.25, 0.3) is 0 Å². The van der Waals surface area contributed by atoms with Gasteiger partial charge in [0.1, 0.15) is 0 Å². The largest absolute Gasteiger partial charge is 0.325 e. The van der Waals surface area contributed by atoms with Crippen molar-refractivity contribution in [2.75, 3.05) is 18.4 Å². The van der Waals surface area contributed by atoms with Crippen molar-refractivity contribution in [3.8, 4) is 0 Å². The highest BCUT2D eigenvalue weighted by Crippen LogP contribution is 2.28. The molecule has 0 bridgehead atoms. The number of benzene rings is 1.